The third-order valence-electron chi connectivity index (χ3n) is 2.56. The molecule has 6 nitrogen and oxygen atoms in total. The van der Waals surface area contributed by atoms with Gasteiger partial charge in [0.1, 0.15) is 5.69 Å². The summed E-state index contributed by atoms with van der Waals surface area (Å²) in [6.45, 7) is 1.70. The minimum atomic E-state index is -0.232. The number of benzene rings is 1. The number of nitrogens with one attached hydrogen (secondary N) is 1. The van der Waals surface area contributed by atoms with E-state index in [1.807, 2.05) is 24.3 Å². The van der Waals surface area contributed by atoms with Gasteiger partial charge in [-0.05, 0) is 12.1 Å². The molecule has 0 bridgehead atoms. The zero-order chi connectivity index (χ0) is 12.5. The fraction of sp³-hybridized carbons (Fsp3) is 0.167. The Balaban J connectivity index is 2.06. The minimum absolute atomic E-state index is 0.232. The third-order valence-corrected chi connectivity index (χ3v) is 2.56. The van der Waals surface area contributed by atoms with Gasteiger partial charge in [-0.25, -0.2) is 4.98 Å². The monoisotopic (exact) mass is 242 g/mol. The molecule has 0 saturated carbocycles. The summed E-state index contributed by atoms with van der Waals surface area (Å²) in [5.41, 5.74) is 1.60. The smallest absolute Gasteiger partial charge is 0.270 e. The van der Waals surface area contributed by atoms with Crippen LogP contribution >= 0.6 is 0 Å². The highest BCUT2D eigenvalue weighted by atomic mass is 16.4. The first-order valence-corrected chi connectivity index (χ1v) is 5.49. The number of H-pyrrole nitrogens is 1. The highest BCUT2D eigenvalue weighted by Crippen LogP contribution is 2.08. The van der Waals surface area contributed by atoms with Crippen LogP contribution in [-0.4, -0.2) is 20.2 Å². The van der Waals surface area contributed by atoms with Crippen molar-refractivity contribution in [2.75, 3.05) is 0 Å². The first-order valence-electron chi connectivity index (χ1n) is 5.49. The molecular weight excluding hydrogens is 232 g/mol. The van der Waals surface area contributed by atoms with Crippen molar-refractivity contribution in [2.45, 2.75) is 13.3 Å². The second-order valence-corrected chi connectivity index (χ2v) is 3.92. The van der Waals surface area contributed by atoms with Crippen LogP contribution in [0.1, 0.15) is 17.5 Å². The molecule has 0 aliphatic carbocycles. The van der Waals surface area contributed by atoms with Crippen LogP contribution in [0, 0.1) is 6.92 Å². The molecule has 2 heterocycles. The maximum Gasteiger partial charge on any atom is 0.270 e. The topological polar surface area (TPSA) is 84.7 Å². The second kappa shape index (κ2) is 4.06. The molecule has 0 unspecified atom stereocenters. The fourth-order valence-corrected chi connectivity index (χ4v) is 1.74. The van der Waals surface area contributed by atoms with Crippen molar-refractivity contribution in [3.63, 3.8) is 0 Å². The second-order valence-electron chi connectivity index (χ2n) is 3.92. The predicted molar refractivity (Wildman–Crippen MR) is 64.2 cm³/mol. The molecule has 3 aromatic rings. The van der Waals surface area contributed by atoms with Crippen molar-refractivity contribution in [1.29, 1.82) is 0 Å². The third kappa shape index (κ3) is 1.88. The van der Waals surface area contributed by atoms with E-state index in [1.54, 1.807) is 6.92 Å². The number of hydrogen-bond donors (Lipinski definition) is 1. The number of rotatable bonds is 2. The summed E-state index contributed by atoms with van der Waals surface area (Å²) in [6.07, 6.45) is 0.237. The standard InChI is InChI=1S/C12H10N4O2/c1-7-15-16-11(18-7)6-10-12(17)14-9-5-3-2-4-8(9)13-10/h2-5H,6H2,1H3,(H,14,17). The predicted octanol–water partition coefficient (Wildman–Crippen LogP) is 1.21. The van der Waals surface area contributed by atoms with Crippen molar-refractivity contribution in [2.24, 2.45) is 0 Å². The summed E-state index contributed by atoms with van der Waals surface area (Å²) in [5.74, 6) is 0.864. The van der Waals surface area contributed by atoms with Crippen molar-refractivity contribution >= 4 is 11.0 Å². The van der Waals surface area contributed by atoms with E-state index in [1.165, 1.54) is 0 Å². The molecule has 0 spiro atoms. The molecule has 0 fully saturated rings. The van der Waals surface area contributed by atoms with Crippen molar-refractivity contribution < 1.29 is 4.42 Å². The van der Waals surface area contributed by atoms with Crippen LogP contribution < -0.4 is 5.56 Å². The van der Waals surface area contributed by atoms with Gasteiger partial charge in [-0.15, -0.1) is 10.2 Å². The van der Waals surface area contributed by atoms with Crippen LogP contribution in [0.25, 0.3) is 11.0 Å². The van der Waals surface area contributed by atoms with Gasteiger partial charge in [0.15, 0.2) is 0 Å². The van der Waals surface area contributed by atoms with E-state index in [0.29, 0.717) is 23.0 Å². The zero-order valence-electron chi connectivity index (χ0n) is 9.67. The molecule has 0 aliphatic heterocycles. The summed E-state index contributed by atoms with van der Waals surface area (Å²) in [5, 5.41) is 7.57. The van der Waals surface area contributed by atoms with E-state index in [9.17, 15) is 4.79 Å². The van der Waals surface area contributed by atoms with E-state index in [2.05, 4.69) is 20.2 Å². The van der Waals surface area contributed by atoms with Crippen molar-refractivity contribution in [1.82, 2.24) is 20.2 Å². The summed E-state index contributed by atoms with van der Waals surface area (Å²) in [4.78, 5) is 18.9. The Morgan fingerprint density at radius 2 is 2.11 bits per heavy atom. The molecule has 3 rings (SSSR count). The summed E-state index contributed by atoms with van der Waals surface area (Å²) < 4.78 is 5.24. The van der Waals surface area contributed by atoms with Gasteiger partial charge in [0.2, 0.25) is 11.8 Å². The van der Waals surface area contributed by atoms with Crippen LogP contribution in [-0.2, 0) is 6.42 Å². The number of nitrogens with zero attached hydrogens (tertiary/aromatic N) is 3. The lowest BCUT2D eigenvalue weighted by Crippen LogP contribution is -2.15. The molecule has 0 atom stereocenters. The number of aromatic nitrogens is 4. The molecule has 6 heteroatoms. The number of hydrogen-bond acceptors (Lipinski definition) is 5. The van der Waals surface area contributed by atoms with Crippen molar-refractivity contribution in [3.8, 4) is 0 Å². The van der Waals surface area contributed by atoms with Gasteiger partial charge in [-0.1, -0.05) is 12.1 Å². The van der Waals surface area contributed by atoms with E-state index < -0.39 is 0 Å². The Morgan fingerprint density at radius 3 is 2.89 bits per heavy atom. The lowest BCUT2D eigenvalue weighted by atomic mass is 10.2. The van der Waals surface area contributed by atoms with Gasteiger partial charge in [0, 0.05) is 6.92 Å². The van der Waals surface area contributed by atoms with Crippen LogP contribution in [0.15, 0.2) is 33.5 Å². The quantitative estimate of drug-likeness (QED) is 0.730. The summed E-state index contributed by atoms with van der Waals surface area (Å²) in [6, 6.07) is 7.37. The number of fused-ring (bicyclic) bond motifs is 1. The Labute approximate surface area is 102 Å². The first-order chi connectivity index (χ1) is 8.72. The Bertz CT molecular complexity index is 760. The van der Waals surface area contributed by atoms with Gasteiger partial charge in [-0.3, -0.25) is 4.79 Å². The minimum Gasteiger partial charge on any atom is -0.425 e. The lowest BCUT2D eigenvalue weighted by molar-refractivity contribution is 0.475. The highest BCUT2D eigenvalue weighted by molar-refractivity contribution is 5.73. The van der Waals surface area contributed by atoms with Gasteiger partial charge < -0.3 is 9.40 Å². The summed E-state index contributed by atoms with van der Waals surface area (Å²) in [7, 11) is 0. The summed E-state index contributed by atoms with van der Waals surface area (Å²) >= 11 is 0. The Morgan fingerprint density at radius 1 is 1.28 bits per heavy atom. The molecule has 2 aromatic heterocycles. The van der Waals surface area contributed by atoms with E-state index in [4.69, 9.17) is 4.42 Å². The SMILES string of the molecule is Cc1nnc(Cc2nc3ccccc3[nH]c2=O)o1. The Hall–Kier alpha value is -2.50. The molecule has 1 N–H and O–H groups in total. The largest absolute Gasteiger partial charge is 0.425 e. The first kappa shape index (κ1) is 10.6. The maximum atomic E-state index is 11.8. The average Bonchev–Trinajstić information content (AvgIpc) is 2.76. The molecule has 0 saturated heterocycles. The average molecular weight is 242 g/mol. The van der Waals surface area contributed by atoms with E-state index in [0.717, 1.165) is 5.52 Å². The lowest BCUT2D eigenvalue weighted by Gasteiger charge is -1.99. The number of para-hydroxylation sites is 2. The van der Waals surface area contributed by atoms with Crippen LogP contribution in [0.3, 0.4) is 0 Å². The number of aryl methyl sites for hydroxylation is 1. The van der Waals surface area contributed by atoms with E-state index in [-0.39, 0.29) is 12.0 Å². The van der Waals surface area contributed by atoms with Crippen LogP contribution in [0.4, 0.5) is 0 Å². The molecular formula is C12H10N4O2. The van der Waals surface area contributed by atoms with Crippen molar-refractivity contribution in [3.05, 3.63) is 52.1 Å². The zero-order valence-corrected chi connectivity index (χ0v) is 9.67. The van der Waals surface area contributed by atoms with Crippen LogP contribution in [0.2, 0.25) is 0 Å². The van der Waals surface area contributed by atoms with E-state index >= 15 is 0 Å². The molecule has 0 radical (unpaired) electrons. The molecule has 18 heavy (non-hydrogen) atoms. The normalized spacial score (nSPS) is 10.9. The Kier molecular flexibility index (Phi) is 2.40. The number of aromatic amines is 1. The van der Waals surface area contributed by atoms with Gasteiger partial charge in [0.05, 0.1) is 17.5 Å². The van der Waals surface area contributed by atoms with Gasteiger partial charge in [-0.2, -0.15) is 0 Å². The van der Waals surface area contributed by atoms with Gasteiger partial charge >= 0.3 is 0 Å². The fourth-order valence-electron chi connectivity index (χ4n) is 1.74. The van der Waals surface area contributed by atoms with Crippen LogP contribution in [0.5, 0.6) is 0 Å². The molecule has 1 aromatic carbocycles. The highest BCUT2D eigenvalue weighted by Gasteiger charge is 2.09. The molecule has 90 valence electrons. The molecule has 0 aliphatic rings. The van der Waals surface area contributed by atoms with Gasteiger partial charge in [0.25, 0.3) is 5.56 Å². The molecule has 0 amide bonds. The maximum absolute atomic E-state index is 11.8.